The van der Waals surface area contributed by atoms with Crippen molar-refractivity contribution in [1.29, 1.82) is 0 Å². The molecule has 0 heterocycles. The molecule has 0 aromatic heterocycles. The summed E-state index contributed by atoms with van der Waals surface area (Å²) in [6.07, 6.45) is -0.438. The molecule has 0 aliphatic heterocycles. The highest BCUT2D eigenvalue weighted by molar-refractivity contribution is 5.19. The Hall–Kier alpha value is -0.860. The van der Waals surface area contributed by atoms with E-state index >= 15 is 0 Å². The molecule has 0 radical (unpaired) electrons. The second-order valence-corrected chi connectivity index (χ2v) is 3.00. The van der Waals surface area contributed by atoms with Gasteiger partial charge in [0, 0.05) is 12.5 Å². The Labute approximate surface area is 73.0 Å². The lowest BCUT2D eigenvalue weighted by atomic mass is 9.96. The van der Waals surface area contributed by atoms with Gasteiger partial charge in [-0.25, -0.2) is 0 Å². The fraction of sp³-hybridized carbons (Fsp3) is 0.400. The van der Waals surface area contributed by atoms with Gasteiger partial charge in [-0.15, -0.1) is 0 Å². The van der Waals surface area contributed by atoms with Crippen molar-refractivity contribution in [1.82, 2.24) is 0 Å². The molecular formula is C10H15NO. The Morgan fingerprint density at radius 3 is 2.42 bits per heavy atom. The number of hydrogen-bond acceptors (Lipinski definition) is 2. The van der Waals surface area contributed by atoms with Crippen molar-refractivity contribution in [3.05, 3.63) is 35.9 Å². The summed E-state index contributed by atoms with van der Waals surface area (Å²) in [6.45, 7) is 2.29. The van der Waals surface area contributed by atoms with Crippen LogP contribution >= 0.6 is 0 Å². The van der Waals surface area contributed by atoms with Crippen LogP contribution in [0.5, 0.6) is 0 Å². The summed E-state index contributed by atoms with van der Waals surface area (Å²) in [7, 11) is 0. The van der Waals surface area contributed by atoms with Gasteiger partial charge in [0.15, 0.2) is 0 Å². The number of hydrogen-bond donors (Lipinski definition) is 2. The smallest absolute Gasteiger partial charge is 0.0728 e. The van der Waals surface area contributed by atoms with Crippen molar-refractivity contribution >= 4 is 0 Å². The second-order valence-electron chi connectivity index (χ2n) is 3.00. The summed E-state index contributed by atoms with van der Waals surface area (Å²) >= 11 is 0. The van der Waals surface area contributed by atoms with E-state index in [1.165, 1.54) is 0 Å². The van der Waals surface area contributed by atoms with Gasteiger partial charge in [0.25, 0.3) is 0 Å². The van der Waals surface area contributed by atoms with Crippen LogP contribution in [0, 0.1) is 0 Å². The summed E-state index contributed by atoms with van der Waals surface area (Å²) in [6, 6.07) is 9.91. The van der Waals surface area contributed by atoms with Crippen molar-refractivity contribution in [2.24, 2.45) is 5.73 Å². The third-order valence-electron chi connectivity index (χ3n) is 2.14. The highest BCUT2D eigenvalue weighted by Crippen LogP contribution is 2.17. The lowest BCUT2D eigenvalue weighted by molar-refractivity contribution is 0.157. The van der Waals surface area contributed by atoms with Gasteiger partial charge >= 0.3 is 0 Å². The standard InChI is InChI=1S/C10H15NO/c1-8(10(12)7-11)9-5-3-2-4-6-9/h2-6,8,10,12H,7,11H2,1H3/t8-,10-/m0/s1. The molecule has 0 saturated heterocycles. The van der Waals surface area contributed by atoms with Gasteiger partial charge in [0.2, 0.25) is 0 Å². The Bertz CT molecular complexity index is 223. The van der Waals surface area contributed by atoms with Gasteiger partial charge in [-0.2, -0.15) is 0 Å². The minimum Gasteiger partial charge on any atom is -0.391 e. The summed E-state index contributed by atoms with van der Waals surface area (Å²) in [5.74, 6) is 0.121. The molecular weight excluding hydrogens is 150 g/mol. The third kappa shape index (κ3) is 2.06. The van der Waals surface area contributed by atoms with Crippen LogP contribution in [-0.2, 0) is 0 Å². The van der Waals surface area contributed by atoms with Crippen LogP contribution in [0.2, 0.25) is 0 Å². The van der Waals surface area contributed by atoms with E-state index < -0.39 is 6.10 Å². The number of rotatable bonds is 3. The Kier molecular flexibility index (Phi) is 3.26. The largest absolute Gasteiger partial charge is 0.391 e. The molecule has 0 saturated carbocycles. The molecule has 0 aliphatic carbocycles. The van der Waals surface area contributed by atoms with Crippen LogP contribution in [0.25, 0.3) is 0 Å². The van der Waals surface area contributed by atoms with Crippen molar-refractivity contribution in [2.45, 2.75) is 18.9 Å². The SMILES string of the molecule is C[C@@H](c1ccccc1)[C@@H](O)CN. The predicted molar refractivity (Wildman–Crippen MR) is 49.9 cm³/mol. The molecule has 1 rings (SSSR count). The molecule has 3 N–H and O–H groups in total. The normalized spacial score (nSPS) is 15.6. The predicted octanol–water partition coefficient (Wildman–Crippen LogP) is 1.11. The zero-order valence-corrected chi connectivity index (χ0v) is 7.27. The van der Waals surface area contributed by atoms with E-state index in [4.69, 9.17) is 5.73 Å². The minimum atomic E-state index is -0.438. The summed E-state index contributed by atoms with van der Waals surface area (Å²) in [5, 5.41) is 9.45. The van der Waals surface area contributed by atoms with Gasteiger partial charge in [-0.3, -0.25) is 0 Å². The van der Waals surface area contributed by atoms with Crippen LogP contribution in [0.15, 0.2) is 30.3 Å². The molecule has 2 atom stereocenters. The maximum Gasteiger partial charge on any atom is 0.0728 e. The maximum absolute atomic E-state index is 9.45. The van der Waals surface area contributed by atoms with Gasteiger partial charge in [0.1, 0.15) is 0 Å². The number of aliphatic hydroxyl groups is 1. The summed E-state index contributed by atoms with van der Waals surface area (Å²) in [4.78, 5) is 0. The first-order valence-electron chi connectivity index (χ1n) is 4.18. The minimum absolute atomic E-state index is 0.121. The highest BCUT2D eigenvalue weighted by atomic mass is 16.3. The zero-order valence-electron chi connectivity index (χ0n) is 7.27. The van der Waals surface area contributed by atoms with Crippen molar-refractivity contribution < 1.29 is 5.11 Å². The molecule has 0 bridgehead atoms. The maximum atomic E-state index is 9.45. The number of nitrogens with two attached hydrogens (primary N) is 1. The van der Waals surface area contributed by atoms with Gasteiger partial charge in [-0.05, 0) is 5.56 Å². The van der Waals surface area contributed by atoms with Crippen molar-refractivity contribution in [3.63, 3.8) is 0 Å². The fourth-order valence-electron chi connectivity index (χ4n) is 1.18. The Balaban J connectivity index is 2.71. The molecule has 0 aliphatic rings. The van der Waals surface area contributed by atoms with E-state index in [-0.39, 0.29) is 5.92 Å². The van der Waals surface area contributed by atoms with Crippen LogP contribution in [-0.4, -0.2) is 17.8 Å². The molecule has 0 spiro atoms. The monoisotopic (exact) mass is 165 g/mol. The summed E-state index contributed by atoms with van der Waals surface area (Å²) in [5.41, 5.74) is 6.49. The number of aliphatic hydroxyl groups excluding tert-OH is 1. The van der Waals surface area contributed by atoms with Crippen LogP contribution in [0.4, 0.5) is 0 Å². The highest BCUT2D eigenvalue weighted by Gasteiger charge is 2.13. The lowest BCUT2D eigenvalue weighted by Gasteiger charge is -2.16. The number of benzene rings is 1. The second kappa shape index (κ2) is 4.24. The van der Waals surface area contributed by atoms with Crippen molar-refractivity contribution in [2.75, 3.05) is 6.54 Å². The molecule has 1 aromatic carbocycles. The average molecular weight is 165 g/mol. The third-order valence-corrected chi connectivity index (χ3v) is 2.14. The zero-order chi connectivity index (χ0) is 8.97. The first kappa shape index (κ1) is 9.23. The van der Waals surface area contributed by atoms with Crippen LogP contribution < -0.4 is 5.73 Å². The molecule has 1 aromatic rings. The molecule has 0 fully saturated rings. The lowest BCUT2D eigenvalue weighted by Crippen LogP contribution is -2.25. The fourth-order valence-corrected chi connectivity index (χ4v) is 1.18. The van der Waals surface area contributed by atoms with E-state index in [1.807, 2.05) is 37.3 Å². The Morgan fingerprint density at radius 2 is 1.92 bits per heavy atom. The van der Waals surface area contributed by atoms with Crippen LogP contribution in [0.3, 0.4) is 0 Å². The summed E-state index contributed by atoms with van der Waals surface area (Å²) < 4.78 is 0. The molecule has 2 heteroatoms. The van der Waals surface area contributed by atoms with E-state index in [9.17, 15) is 5.11 Å². The average Bonchev–Trinajstić information content (AvgIpc) is 2.17. The topological polar surface area (TPSA) is 46.2 Å². The Morgan fingerprint density at radius 1 is 1.33 bits per heavy atom. The first-order valence-corrected chi connectivity index (χ1v) is 4.18. The molecule has 12 heavy (non-hydrogen) atoms. The van der Waals surface area contributed by atoms with Crippen LogP contribution in [0.1, 0.15) is 18.4 Å². The van der Waals surface area contributed by atoms with Gasteiger partial charge in [0.05, 0.1) is 6.10 Å². The van der Waals surface area contributed by atoms with Gasteiger partial charge in [-0.1, -0.05) is 37.3 Å². The first-order chi connectivity index (χ1) is 5.75. The van der Waals surface area contributed by atoms with E-state index in [1.54, 1.807) is 0 Å². The van der Waals surface area contributed by atoms with Crippen molar-refractivity contribution in [3.8, 4) is 0 Å². The van der Waals surface area contributed by atoms with E-state index in [2.05, 4.69) is 0 Å². The molecule has 0 unspecified atom stereocenters. The van der Waals surface area contributed by atoms with E-state index in [0.717, 1.165) is 5.56 Å². The van der Waals surface area contributed by atoms with Gasteiger partial charge < -0.3 is 10.8 Å². The van der Waals surface area contributed by atoms with E-state index in [0.29, 0.717) is 6.54 Å². The quantitative estimate of drug-likeness (QED) is 0.704. The molecule has 0 amide bonds. The molecule has 66 valence electrons. The molecule has 2 nitrogen and oxygen atoms in total.